The highest BCUT2D eigenvalue weighted by atomic mass is 19.4. The molecule has 1 aliphatic carbocycles. The van der Waals surface area contributed by atoms with Crippen LogP contribution in [0.5, 0.6) is 5.88 Å². The summed E-state index contributed by atoms with van der Waals surface area (Å²) in [6, 6.07) is 1.70. The van der Waals surface area contributed by atoms with E-state index in [1.807, 2.05) is 0 Å². The first-order valence-electron chi connectivity index (χ1n) is 9.01. The van der Waals surface area contributed by atoms with Crippen molar-refractivity contribution in [3.05, 3.63) is 23.4 Å². The Morgan fingerprint density at radius 2 is 1.75 bits per heavy atom. The second-order valence-electron chi connectivity index (χ2n) is 8.16. The third-order valence-corrected chi connectivity index (χ3v) is 3.24. The van der Waals surface area contributed by atoms with Crippen LogP contribution >= 0.6 is 0 Å². The number of carbonyl (C=O) groups excluding carboxylic acids is 2. The van der Waals surface area contributed by atoms with E-state index >= 15 is 0 Å². The molecular formula is C19H28F3N3O3. The van der Waals surface area contributed by atoms with Crippen molar-refractivity contribution in [2.75, 3.05) is 20.2 Å². The quantitative estimate of drug-likeness (QED) is 0.763. The van der Waals surface area contributed by atoms with E-state index in [2.05, 4.69) is 43.3 Å². The van der Waals surface area contributed by atoms with Gasteiger partial charge in [0, 0.05) is 7.05 Å². The van der Waals surface area contributed by atoms with Gasteiger partial charge in [-0.1, -0.05) is 27.7 Å². The van der Waals surface area contributed by atoms with Gasteiger partial charge in [0.1, 0.15) is 11.3 Å². The lowest BCUT2D eigenvalue weighted by molar-refractivity contribution is -0.139. The number of nitrogens with one attached hydrogen (secondary N) is 2. The molecule has 6 nitrogen and oxygen atoms in total. The maximum absolute atomic E-state index is 12.9. The molecule has 9 heteroatoms. The fourth-order valence-corrected chi connectivity index (χ4v) is 1.71. The minimum atomic E-state index is -4.62. The predicted octanol–water partition coefficient (Wildman–Crippen LogP) is 3.42. The Kier molecular flexibility index (Phi) is 8.26. The lowest BCUT2D eigenvalue weighted by Gasteiger charge is -2.14. The zero-order valence-corrected chi connectivity index (χ0v) is 16.9. The molecule has 0 saturated heterocycles. The maximum atomic E-state index is 12.9. The van der Waals surface area contributed by atoms with Gasteiger partial charge in [0.2, 0.25) is 11.8 Å². The first-order valence-corrected chi connectivity index (χ1v) is 9.01. The Labute approximate surface area is 163 Å². The highest BCUT2D eigenvalue weighted by Gasteiger charge is 2.36. The van der Waals surface area contributed by atoms with Crippen molar-refractivity contribution in [1.29, 1.82) is 0 Å². The lowest BCUT2D eigenvalue weighted by Crippen LogP contribution is -2.35. The number of alkyl halides is 3. The van der Waals surface area contributed by atoms with E-state index in [4.69, 9.17) is 4.74 Å². The van der Waals surface area contributed by atoms with Gasteiger partial charge in [-0.25, -0.2) is 4.98 Å². The van der Waals surface area contributed by atoms with Crippen LogP contribution in [0.3, 0.4) is 0 Å². The van der Waals surface area contributed by atoms with Crippen LogP contribution in [0, 0.1) is 11.3 Å². The second-order valence-corrected chi connectivity index (χ2v) is 8.16. The van der Waals surface area contributed by atoms with Crippen molar-refractivity contribution in [3.63, 3.8) is 0 Å². The first kappa shape index (κ1) is 23.7. The number of aromatic nitrogens is 1. The number of ether oxygens (including phenoxy) is 1. The van der Waals surface area contributed by atoms with Gasteiger partial charge in [-0.2, -0.15) is 13.2 Å². The number of halogens is 3. The number of rotatable bonds is 6. The minimum absolute atomic E-state index is 0.138. The molecule has 1 aromatic rings. The van der Waals surface area contributed by atoms with E-state index in [0.717, 1.165) is 25.0 Å². The number of hydrogen-bond donors (Lipinski definition) is 2. The molecule has 0 radical (unpaired) electrons. The van der Waals surface area contributed by atoms with Crippen LogP contribution in [0.2, 0.25) is 0 Å². The van der Waals surface area contributed by atoms with E-state index < -0.39 is 29.4 Å². The van der Waals surface area contributed by atoms with Crippen LogP contribution in [0.1, 0.15) is 56.6 Å². The molecule has 2 amide bonds. The van der Waals surface area contributed by atoms with E-state index in [1.54, 1.807) is 0 Å². The maximum Gasteiger partial charge on any atom is 0.421 e. The monoisotopic (exact) mass is 403 g/mol. The molecule has 1 aromatic heterocycles. The largest absolute Gasteiger partial charge is 0.477 e. The van der Waals surface area contributed by atoms with Gasteiger partial charge in [0.05, 0.1) is 13.2 Å². The Hall–Kier alpha value is -2.32. The van der Waals surface area contributed by atoms with E-state index in [1.165, 1.54) is 7.05 Å². The van der Waals surface area contributed by atoms with E-state index in [9.17, 15) is 22.8 Å². The Morgan fingerprint density at radius 3 is 2.21 bits per heavy atom. The number of likely N-dealkylation sites (N-methyl/N-ethyl adjacent to an activating group) is 1. The van der Waals surface area contributed by atoms with Crippen molar-refractivity contribution >= 4 is 11.8 Å². The number of amides is 2. The van der Waals surface area contributed by atoms with Gasteiger partial charge in [-0.15, -0.1) is 0 Å². The fraction of sp³-hybridized carbons (Fsp3) is 0.632. The zero-order valence-electron chi connectivity index (χ0n) is 16.9. The van der Waals surface area contributed by atoms with E-state index in [-0.39, 0.29) is 24.8 Å². The molecule has 0 spiro atoms. The van der Waals surface area contributed by atoms with Gasteiger partial charge >= 0.3 is 6.18 Å². The number of hydrogen-bond acceptors (Lipinski definition) is 4. The van der Waals surface area contributed by atoms with Crippen LogP contribution in [-0.2, 0) is 11.0 Å². The molecule has 0 aliphatic heterocycles. The summed E-state index contributed by atoms with van der Waals surface area (Å²) in [7, 11) is 1.40. The molecule has 0 aromatic carbocycles. The molecule has 1 saturated carbocycles. The molecule has 28 heavy (non-hydrogen) atoms. The number of nitrogens with zero attached hydrogens (tertiary/aromatic N) is 1. The van der Waals surface area contributed by atoms with Gasteiger partial charge in [0.15, 0.2) is 0 Å². The van der Waals surface area contributed by atoms with Crippen LogP contribution in [0.4, 0.5) is 13.2 Å². The van der Waals surface area contributed by atoms with Crippen LogP contribution in [0.25, 0.3) is 0 Å². The van der Waals surface area contributed by atoms with Crippen LogP contribution < -0.4 is 15.4 Å². The summed E-state index contributed by atoms with van der Waals surface area (Å²) >= 11 is 0. The topological polar surface area (TPSA) is 80.3 Å². The van der Waals surface area contributed by atoms with Crippen molar-refractivity contribution < 1.29 is 27.5 Å². The zero-order chi connectivity index (χ0) is 21.5. The molecule has 1 heterocycles. The average Bonchev–Trinajstić information content (AvgIpc) is 3.39. The Bertz CT molecular complexity index is 675. The second kappa shape index (κ2) is 9.75. The molecule has 1 aliphatic rings. The third kappa shape index (κ3) is 9.57. The smallest absolute Gasteiger partial charge is 0.421 e. The normalized spacial score (nSPS) is 13.9. The number of pyridine rings is 1. The van der Waals surface area contributed by atoms with Crippen molar-refractivity contribution in [2.45, 2.75) is 46.7 Å². The van der Waals surface area contributed by atoms with Gasteiger partial charge < -0.3 is 15.4 Å². The predicted molar refractivity (Wildman–Crippen MR) is 99.0 cm³/mol. The van der Waals surface area contributed by atoms with Crippen molar-refractivity contribution in [1.82, 2.24) is 15.6 Å². The van der Waals surface area contributed by atoms with Crippen molar-refractivity contribution in [3.8, 4) is 5.88 Å². The highest BCUT2D eigenvalue weighted by Crippen LogP contribution is 2.36. The van der Waals surface area contributed by atoms with Crippen LogP contribution in [-0.4, -0.2) is 37.0 Å². The summed E-state index contributed by atoms with van der Waals surface area (Å²) in [6.07, 6.45) is -2.80. The molecule has 158 valence electrons. The van der Waals surface area contributed by atoms with Crippen LogP contribution in [0.15, 0.2) is 12.1 Å². The summed E-state index contributed by atoms with van der Waals surface area (Å²) in [5.74, 6) is -1.56. The first-order chi connectivity index (χ1) is 12.8. The SMILES string of the molecule is CC(C)(C)C.CNC(=O)CNC(=O)c1ccc(C(F)(F)F)c(OCC2CC2)n1. The summed E-state index contributed by atoms with van der Waals surface area (Å²) in [6.45, 7) is 8.59. The van der Waals surface area contributed by atoms with Crippen molar-refractivity contribution in [2.24, 2.45) is 11.3 Å². The molecule has 0 bridgehead atoms. The van der Waals surface area contributed by atoms with Gasteiger partial charge in [-0.05, 0) is 36.3 Å². The summed E-state index contributed by atoms with van der Waals surface area (Å²) in [5.41, 5.74) is -0.770. The Morgan fingerprint density at radius 1 is 1.18 bits per heavy atom. The third-order valence-electron chi connectivity index (χ3n) is 3.24. The summed E-state index contributed by atoms with van der Waals surface area (Å²) < 4.78 is 44.0. The fourth-order valence-electron chi connectivity index (χ4n) is 1.71. The summed E-state index contributed by atoms with van der Waals surface area (Å²) in [4.78, 5) is 26.6. The molecule has 0 atom stereocenters. The van der Waals surface area contributed by atoms with E-state index in [0.29, 0.717) is 5.41 Å². The number of carbonyl (C=O) groups is 2. The standard InChI is InChI=1S/C14H16F3N3O3.C5H12/c1-18-11(21)6-19-12(22)10-5-4-9(14(15,16)17)13(20-10)23-7-8-2-3-8;1-5(2,3)4/h4-5,8H,2-3,6-7H2,1H3,(H,18,21)(H,19,22);1-4H3. The molecule has 0 unspecified atom stereocenters. The Balaban J connectivity index is 0.000000696. The lowest BCUT2D eigenvalue weighted by atomic mass is 10.0. The highest BCUT2D eigenvalue weighted by molar-refractivity contribution is 5.95. The molecule has 1 fully saturated rings. The minimum Gasteiger partial charge on any atom is -0.477 e. The van der Waals surface area contributed by atoms with Gasteiger partial charge in [-0.3, -0.25) is 9.59 Å². The molecule has 2 rings (SSSR count). The molecule has 2 N–H and O–H groups in total. The van der Waals surface area contributed by atoms with Gasteiger partial charge in [0.25, 0.3) is 5.91 Å². The molecular weight excluding hydrogens is 375 g/mol. The summed E-state index contributed by atoms with van der Waals surface area (Å²) in [5, 5.41) is 4.57. The average molecular weight is 403 g/mol.